The highest BCUT2D eigenvalue weighted by Gasteiger charge is 2.20. The molecule has 0 fully saturated rings. The fourth-order valence-corrected chi connectivity index (χ4v) is 1.33. The summed E-state index contributed by atoms with van der Waals surface area (Å²) < 4.78 is 0. The van der Waals surface area contributed by atoms with Gasteiger partial charge in [-0.25, -0.2) is 0 Å². The van der Waals surface area contributed by atoms with E-state index in [9.17, 15) is 9.59 Å². The lowest BCUT2D eigenvalue weighted by molar-refractivity contribution is -0.148. The Morgan fingerprint density at radius 1 is 1.35 bits per heavy atom. The number of nitrogens with zero attached hydrogens (tertiary/aromatic N) is 1. The van der Waals surface area contributed by atoms with E-state index < -0.39 is 17.9 Å². The topological polar surface area (TPSA) is 99.5 Å². The molecule has 0 radical (unpaired) electrons. The van der Waals surface area contributed by atoms with Gasteiger partial charge in [0.1, 0.15) is 0 Å². The van der Waals surface area contributed by atoms with Gasteiger partial charge in [-0.15, -0.1) is 0 Å². The molecule has 0 aliphatic carbocycles. The molecule has 1 atom stereocenters. The fraction of sp³-hybridized carbons (Fsp3) is 0.364. The quantitative estimate of drug-likeness (QED) is 0.633. The maximum atomic E-state index is 10.8. The number of hydrogen-bond donors (Lipinski definition) is 3. The molecular weight excluding hydrogens is 224 g/mol. The van der Waals surface area contributed by atoms with Gasteiger partial charge in [0.15, 0.2) is 0 Å². The predicted octanol–water partition coefficient (Wildman–Crippen LogP) is 0.347. The molecule has 0 aliphatic heterocycles. The first-order valence-corrected chi connectivity index (χ1v) is 5.15. The van der Waals surface area contributed by atoms with Crippen LogP contribution in [0.2, 0.25) is 0 Å². The van der Waals surface area contributed by atoms with E-state index >= 15 is 0 Å². The molecule has 0 spiro atoms. The average molecular weight is 238 g/mol. The Bertz CT molecular complexity index is 380. The molecule has 1 unspecified atom stereocenters. The molecule has 1 heterocycles. The number of hydrogen-bond acceptors (Lipinski definition) is 4. The van der Waals surface area contributed by atoms with Crippen molar-refractivity contribution in [2.24, 2.45) is 5.92 Å². The third kappa shape index (κ3) is 5.07. The van der Waals surface area contributed by atoms with E-state index in [1.807, 2.05) is 6.07 Å². The Morgan fingerprint density at radius 2 is 2.12 bits per heavy atom. The average Bonchev–Trinajstić information content (AvgIpc) is 2.28. The molecule has 0 aliphatic rings. The Hall–Kier alpha value is -1.95. The van der Waals surface area contributed by atoms with Gasteiger partial charge in [-0.1, -0.05) is 6.07 Å². The van der Waals surface area contributed by atoms with Crippen molar-refractivity contribution < 1.29 is 19.8 Å². The predicted molar refractivity (Wildman–Crippen MR) is 59.3 cm³/mol. The minimum atomic E-state index is -1.11. The zero-order valence-electron chi connectivity index (χ0n) is 9.17. The third-order valence-electron chi connectivity index (χ3n) is 2.19. The van der Waals surface area contributed by atoms with Gasteiger partial charge in [0.25, 0.3) is 0 Å². The van der Waals surface area contributed by atoms with Crippen molar-refractivity contribution >= 4 is 11.9 Å². The minimum Gasteiger partial charge on any atom is -0.481 e. The van der Waals surface area contributed by atoms with Crippen LogP contribution in [0.5, 0.6) is 0 Å². The lowest BCUT2D eigenvalue weighted by Gasteiger charge is -2.10. The van der Waals surface area contributed by atoms with Crippen LogP contribution in [0.1, 0.15) is 12.1 Å². The van der Waals surface area contributed by atoms with Gasteiger partial charge in [0.2, 0.25) is 0 Å². The highest BCUT2D eigenvalue weighted by molar-refractivity contribution is 5.77. The summed E-state index contributed by atoms with van der Waals surface area (Å²) in [5, 5.41) is 20.2. The largest absolute Gasteiger partial charge is 0.481 e. The van der Waals surface area contributed by atoms with Gasteiger partial charge in [-0.3, -0.25) is 14.6 Å². The first-order valence-electron chi connectivity index (χ1n) is 5.15. The Morgan fingerprint density at radius 3 is 2.65 bits per heavy atom. The van der Waals surface area contributed by atoms with Gasteiger partial charge in [-0.05, 0) is 12.1 Å². The SMILES string of the molecule is O=C(O)CC(CNCc1ccccn1)C(=O)O. The smallest absolute Gasteiger partial charge is 0.308 e. The molecule has 0 aromatic carbocycles. The number of aromatic nitrogens is 1. The van der Waals surface area contributed by atoms with E-state index in [1.54, 1.807) is 18.3 Å². The molecule has 6 heteroatoms. The van der Waals surface area contributed by atoms with Crippen LogP contribution in [-0.4, -0.2) is 33.7 Å². The summed E-state index contributed by atoms with van der Waals surface area (Å²) in [5.74, 6) is -3.14. The summed E-state index contributed by atoms with van der Waals surface area (Å²) in [5.41, 5.74) is 0.784. The van der Waals surface area contributed by atoms with Crippen LogP contribution in [0.4, 0.5) is 0 Å². The second-order valence-electron chi connectivity index (χ2n) is 3.58. The van der Waals surface area contributed by atoms with Crippen molar-refractivity contribution in [2.45, 2.75) is 13.0 Å². The molecule has 1 aromatic heterocycles. The number of rotatable bonds is 7. The first kappa shape index (κ1) is 13.1. The molecule has 0 bridgehead atoms. The third-order valence-corrected chi connectivity index (χ3v) is 2.19. The number of pyridine rings is 1. The van der Waals surface area contributed by atoms with Gasteiger partial charge in [0, 0.05) is 19.3 Å². The number of carboxylic acid groups (broad SMARTS) is 2. The zero-order valence-corrected chi connectivity index (χ0v) is 9.17. The summed E-state index contributed by atoms with van der Waals surface area (Å²) in [7, 11) is 0. The second-order valence-corrected chi connectivity index (χ2v) is 3.58. The van der Waals surface area contributed by atoms with Gasteiger partial charge < -0.3 is 15.5 Å². The molecule has 6 nitrogen and oxygen atoms in total. The fourth-order valence-electron chi connectivity index (χ4n) is 1.33. The van der Waals surface area contributed by atoms with Crippen molar-refractivity contribution in [1.29, 1.82) is 0 Å². The van der Waals surface area contributed by atoms with Crippen LogP contribution in [-0.2, 0) is 16.1 Å². The summed E-state index contributed by atoms with van der Waals surface area (Å²) in [4.78, 5) is 25.3. The summed E-state index contributed by atoms with van der Waals surface area (Å²) in [6.07, 6.45) is 1.26. The number of aliphatic carboxylic acids is 2. The highest BCUT2D eigenvalue weighted by atomic mass is 16.4. The van der Waals surface area contributed by atoms with E-state index in [0.29, 0.717) is 6.54 Å². The van der Waals surface area contributed by atoms with Crippen LogP contribution in [0.3, 0.4) is 0 Å². The standard InChI is InChI=1S/C11H14N2O4/c14-10(15)5-8(11(16)17)6-12-7-9-3-1-2-4-13-9/h1-4,8,12H,5-7H2,(H,14,15)(H,16,17). The number of nitrogens with one attached hydrogen (secondary N) is 1. The Labute approximate surface area is 98.3 Å². The van der Waals surface area contributed by atoms with Crippen molar-refractivity contribution in [2.75, 3.05) is 6.54 Å². The van der Waals surface area contributed by atoms with Crippen molar-refractivity contribution in [3.05, 3.63) is 30.1 Å². The van der Waals surface area contributed by atoms with Crippen LogP contribution < -0.4 is 5.32 Å². The van der Waals surface area contributed by atoms with Crippen LogP contribution in [0.15, 0.2) is 24.4 Å². The minimum absolute atomic E-state index is 0.109. The molecule has 17 heavy (non-hydrogen) atoms. The number of carboxylic acids is 2. The van der Waals surface area contributed by atoms with Crippen molar-refractivity contribution in [1.82, 2.24) is 10.3 Å². The summed E-state index contributed by atoms with van der Waals surface area (Å²) >= 11 is 0. The molecule has 3 N–H and O–H groups in total. The molecular formula is C11H14N2O4. The Kier molecular flexibility index (Phi) is 5.09. The molecule has 0 saturated carbocycles. The maximum Gasteiger partial charge on any atom is 0.308 e. The van der Waals surface area contributed by atoms with E-state index in [-0.39, 0.29) is 13.0 Å². The molecule has 92 valence electrons. The first-order chi connectivity index (χ1) is 8.09. The van der Waals surface area contributed by atoms with E-state index in [1.165, 1.54) is 0 Å². The number of carbonyl (C=O) groups is 2. The molecule has 0 saturated heterocycles. The van der Waals surface area contributed by atoms with E-state index in [0.717, 1.165) is 5.69 Å². The summed E-state index contributed by atoms with van der Waals surface area (Å²) in [6.45, 7) is 0.530. The molecule has 1 rings (SSSR count). The Balaban J connectivity index is 2.37. The zero-order chi connectivity index (χ0) is 12.7. The maximum absolute atomic E-state index is 10.8. The van der Waals surface area contributed by atoms with Crippen LogP contribution >= 0.6 is 0 Å². The lowest BCUT2D eigenvalue weighted by Crippen LogP contribution is -2.30. The summed E-state index contributed by atoms with van der Waals surface area (Å²) in [6, 6.07) is 5.42. The van der Waals surface area contributed by atoms with Crippen LogP contribution in [0.25, 0.3) is 0 Å². The lowest BCUT2D eigenvalue weighted by atomic mass is 10.1. The highest BCUT2D eigenvalue weighted by Crippen LogP contribution is 2.02. The van der Waals surface area contributed by atoms with Gasteiger partial charge >= 0.3 is 11.9 Å². The normalized spacial score (nSPS) is 12.0. The molecule has 0 amide bonds. The van der Waals surface area contributed by atoms with Crippen LogP contribution in [0, 0.1) is 5.92 Å². The van der Waals surface area contributed by atoms with Crippen molar-refractivity contribution in [3.8, 4) is 0 Å². The van der Waals surface area contributed by atoms with Gasteiger partial charge in [0.05, 0.1) is 18.0 Å². The van der Waals surface area contributed by atoms with E-state index in [2.05, 4.69) is 10.3 Å². The van der Waals surface area contributed by atoms with E-state index in [4.69, 9.17) is 10.2 Å². The monoisotopic (exact) mass is 238 g/mol. The van der Waals surface area contributed by atoms with Gasteiger partial charge in [-0.2, -0.15) is 0 Å². The molecule has 1 aromatic rings. The van der Waals surface area contributed by atoms with Crippen molar-refractivity contribution in [3.63, 3.8) is 0 Å². The second kappa shape index (κ2) is 6.59.